The number of hydrogen-bond donors (Lipinski definition) is 1. The summed E-state index contributed by atoms with van der Waals surface area (Å²) in [5.41, 5.74) is 1.51. The minimum absolute atomic E-state index is 0.439. The molecule has 2 nitrogen and oxygen atoms in total. The molecule has 1 N–H and O–H groups in total. The summed E-state index contributed by atoms with van der Waals surface area (Å²) in [6.45, 7) is 2.71. The molecule has 1 aliphatic heterocycles. The first kappa shape index (κ1) is 12.6. The maximum absolute atomic E-state index is 6.21. The Balaban J connectivity index is 2.02. The Morgan fingerprint density at radius 1 is 1.16 bits per heavy atom. The third kappa shape index (κ3) is 2.26. The number of nitrogens with one attached hydrogen (secondary N) is 1. The SMILES string of the molecule is CC1(c2ccccc2)CNc2cc(Cl)cc(Cl)c2O1. The highest BCUT2D eigenvalue weighted by atomic mass is 35.5. The molecule has 0 saturated heterocycles. The van der Waals surface area contributed by atoms with Crippen molar-refractivity contribution in [2.24, 2.45) is 0 Å². The zero-order chi connectivity index (χ0) is 13.5. The van der Waals surface area contributed by atoms with Gasteiger partial charge in [-0.2, -0.15) is 0 Å². The minimum atomic E-state index is -0.439. The van der Waals surface area contributed by atoms with Crippen LogP contribution in [0.3, 0.4) is 0 Å². The molecule has 0 aliphatic carbocycles. The van der Waals surface area contributed by atoms with Gasteiger partial charge in [-0.1, -0.05) is 53.5 Å². The van der Waals surface area contributed by atoms with Crippen molar-refractivity contribution in [3.05, 3.63) is 58.1 Å². The van der Waals surface area contributed by atoms with E-state index in [2.05, 4.69) is 17.4 Å². The largest absolute Gasteiger partial charge is 0.477 e. The summed E-state index contributed by atoms with van der Waals surface area (Å²) in [7, 11) is 0. The molecule has 0 amide bonds. The van der Waals surface area contributed by atoms with Crippen LogP contribution in [0.1, 0.15) is 12.5 Å². The van der Waals surface area contributed by atoms with Gasteiger partial charge in [0.25, 0.3) is 0 Å². The molecule has 4 heteroatoms. The molecule has 0 bridgehead atoms. The smallest absolute Gasteiger partial charge is 0.162 e. The van der Waals surface area contributed by atoms with Gasteiger partial charge in [0.1, 0.15) is 5.60 Å². The van der Waals surface area contributed by atoms with Crippen LogP contribution in [0.15, 0.2) is 42.5 Å². The van der Waals surface area contributed by atoms with Gasteiger partial charge in [0.15, 0.2) is 5.75 Å². The predicted molar refractivity (Wildman–Crippen MR) is 79.4 cm³/mol. The highest BCUT2D eigenvalue weighted by molar-refractivity contribution is 6.36. The molecule has 1 atom stereocenters. The average molecular weight is 294 g/mol. The average Bonchev–Trinajstić information content (AvgIpc) is 2.41. The Bertz CT molecular complexity index is 615. The number of halogens is 2. The fourth-order valence-corrected chi connectivity index (χ4v) is 2.80. The van der Waals surface area contributed by atoms with Crippen molar-refractivity contribution in [1.29, 1.82) is 0 Å². The molecule has 1 heterocycles. The van der Waals surface area contributed by atoms with Crippen LogP contribution in [0, 0.1) is 0 Å². The van der Waals surface area contributed by atoms with Crippen LogP contribution in [0.25, 0.3) is 0 Å². The van der Waals surface area contributed by atoms with Crippen molar-refractivity contribution in [1.82, 2.24) is 0 Å². The van der Waals surface area contributed by atoms with Gasteiger partial charge < -0.3 is 10.1 Å². The molecule has 1 aliphatic rings. The molecule has 2 aromatic rings. The van der Waals surface area contributed by atoms with E-state index in [4.69, 9.17) is 27.9 Å². The van der Waals surface area contributed by atoms with Gasteiger partial charge in [-0.15, -0.1) is 0 Å². The van der Waals surface area contributed by atoms with Gasteiger partial charge in [0, 0.05) is 5.02 Å². The third-order valence-corrected chi connectivity index (χ3v) is 3.84. The van der Waals surface area contributed by atoms with Gasteiger partial charge in [0.2, 0.25) is 0 Å². The first-order valence-electron chi connectivity index (χ1n) is 6.06. The van der Waals surface area contributed by atoms with Crippen LogP contribution in [0.2, 0.25) is 10.0 Å². The number of anilines is 1. The van der Waals surface area contributed by atoms with Crippen LogP contribution in [-0.2, 0) is 5.60 Å². The van der Waals surface area contributed by atoms with Crippen LogP contribution < -0.4 is 10.1 Å². The predicted octanol–water partition coefficient (Wildman–Crippen LogP) is 4.71. The molecule has 0 spiro atoms. The van der Waals surface area contributed by atoms with Gasteiger partial charge in [-0.3, -0.25) is 0 Å². The van der Waals surface area contributed by atoms with Crippen LogP contribution in [0.4, 0.5) is 5.69 Å². The standard InChI is InChI=1S/C15H13Cl2NO/c1-15(10-5-3-2-4-6-10)9-18-13-8-11(16)7-12(17)14(13)19-15/h2-8,18H,9H2,1H3. The molecule has 0 saturated carbocycles. The van der Waals surface area contributed by atoms with E-state index in [-0.39, 0.29) is 0 Å². The minimum Gasteiger partial charge on any atom is -0.477 e. The monoisotopic (exact) mass is 293 g/mol. The zero-order valence-electron chi connectivity index (χ0n) is 10.4. The van der Waals surface area contributed by atoms with Crippen molar-refractivity contribution in [2.45, 2.75) is 12.5 Å². The molecule has 2 aromatic carbocycles. The fourth-order valence-electron chi connectivity index (χ4n) is 2.27. The summed E-state index contributed by atoms with van der Waals surface area (Å²) >= 11 is 12.2. The molecular weight excluding hydrogens is 281 g/mol. The summed E-state index contributed by atoms with van der Waals surface area (Å²) < 4.78 is 6.14. The molecule has 0 aromatic heterocycles. The third-order valence-electron chi connectivity index (χ3n) is 3.34. The Morgan fingerprint density at radius 2 is 1.89 bits per heavy atom. The maximum atomic E-state index is 6.21. The lowest BCUT2D eigenvalue weighted by Gasteiger charge is -2.37. The number of rotatable bonds is 1. The van der Waals surface area contributed by atoms with Gasteiger partial charge in [-0.05, 0) is 24.6 Å². The van der Waals surface area contributed by atoms with Crippen molar-refractivity contribution in [3.8, 4) is 5.75 Å². The first-order chi connectivity index (χ1) is 9.08. The number of hydrogen-bond acceptors (Lipinski definition) is 2. The number of fused-ring (bicyclic) bond motifs is 1. The van der Waals surface area contributed by atoms with E-state index < -0.39 is 5.60 Å². The Labute approximate surface area is 122 Å². The highest BCUT2D eigenvalue weighted by Crippen LogP contribution is 2.43. The first-order valence-corrected chi connectivity index (χ1v) is 6.81. The Kier molecular flexibility index (Phi) is 3.08. The molecule has 98 valence electrons. The van der Waals surface area contributed by atoms with E-state index in [0.717, 1.165) is 11.3 Å². The van der Waals surface area contributed by atoms with Crippen molar-refractivity contribution in [3.63, 3.8) is 0 Å². The second-order valence-electron chi connectivity index (χ2n) is 4.82. The molecule has 0 fully saturated rings. The molecule has 19 heavy (non-hydrogen) atoms. The van der Waals surface area contributed by atoms with E-state index >= 15 is 0 Å². The van der Waals surface area contributed by atoms with Gasteiger partial charge in [0.05, 0.1) is 17.3 Å². The molecule has 0 radical (unpaired) electrons. The van der Waals surface area contributed by atoms with E-state index in [1.807, 2.05) is 31.2 Å². The van der Waals surface area contributed by atoms with Crippen molar-refractivity contribution >= 4 is 28.9 Å². The summed E-state index contributed by atoms with van der Waals surface area (Å²) in [5.74, 6) is 0.656. The van der Waals surface area contributed by atoms with E-state index in [0.29, 0.717) is 22.3 Å². The fraction of sp³-hybridized carbons (Fsp3) is 0.200. The number of benzene rings is 2. The summed E-state index contributed by atoms with van der Waals surface area (Å²) in [5, 5.41) is 4.46. The van der Waals surface area contributed by atoms with Crippen molar-refractivity contribution in [2.75, 3.05) is 11.9 Å². The summed E-state index contributed by atoms with van der Waals surface area (Å²) in [6, 6.07) is 13.6. The van der Waals surface area contributed by atoms with Crippen LogP contribution in [0.5, 0.6) is 5.75 Å². The van der Waals surface area contributed by atoms with E-state index in [1.165, 1.54) is 0 Å². The Morgan fingerprint density at radius 3 is 2.63 bits per heavy atom. The molecule has 1 unspecified atom stereocenters. The summed E-state index contributed by atoms with van der Waals surface area (Å²) in [6.07, 6.45) is 0. The second-order valence-corrected chi connectivity index (χ2v) is 5.66. The topological polar surface area (TPSA) is 21.3 Å². The lowest BCUT2D eigenvalue weighted by Crippen LogP contribution is -2.40. The van der Waals surface area contributed by atoms with E-state index in [1.54, 1.807) is 6.07 Å². The Hall–Kier alpha value is -1.38. The van der Waals surface area contributed by atoms with Crippen LogP contribution >= 0.6 is 23.2 Å². The lowest BCUT2D eigenvalue weighted by molar-refractivity contribution is 0.0941. The second kappa shape index (κ2) is 4.62. The zero-order valence-corrected chi connectivity index (χ0v) is 11.9. The van der Waals surface area contributed by atoms with Gasteiger partial charge in [-0.25, -0.2) is 0 Å². The summed E-state index contributed by atoms with van der Waals surface area (Å²) in [4.78, 5) is 0. The van der Waals surface area contributed by atoms with Crippen molar-refractivity contribution < 1.29 is 4.74 Å². The number of ether oxygens (including phenoxy) is 1. The van der Waals surface area contributed by atoms with E-state index in [9.17, 15) is 0 Å². The lowest BCUT2D eigenvalue weighted by atomic mass is 9.94. The van der Waals surface area contributed by atoms with Gasteiger partial charge >= 0.3 is 0 Å². The maximum Gasteiger partial charge on any atom is 0.162 e. The normalized spacial score (nSPS) is 21.2. The molecule has 3 rings (SSSR count). The molecular formula is C15H13Cl2NO. The van der Waals surface area contributed by atoms with Crippen LogP contribution in [-0.4, -0.2) is 6.54 Å². The quantitative estimate of drug-likeness (QED) is 0.822. The highest BCUT2D eigenvalue weighted by Gasteiger charge is 2.34.